The molecule has 0 fully saturated rings. The van der Waals surface area contributed by atoms with Crippen LogP contribution in [-0.4, -0.2) is 28.1 Å². The second-order valence-corrected chi connectivity index (χ2v) is 3.33. The summed E-state index contributed by atoms with van der Waals surface area (Å²) in [6.07, 6.45) is -0.0543. The van der Waals surface area contributed by atoms with Gasteiger partial charge in [0.05, 0.1) is 18.3 Å². The van der Waals surface area contributed by atoms with Crippen molar-refractivity contribution in [2.75, 3.05) is 13.2 Å². The Balaban J connectivity index is 2.36. The fourth-order valence-corrected chi connectivity index (χ4v) is 1.37. The van der Waals surface area contributed by atoms with E-state index in [1.165, 1.54) is 0 Å². The van der Waals surface area contributed by atoms with Crippen molar-refractivity contribution in [2.24, 2.45) is 0 Å². The van der Waals surface area contributed by atoms with E-state index in [1.54, 1.807) is 0 Å². The van der Waals surface area contributed by atoms with Gasteiger partial charge in [-0.1, -0.05) is 11.6 Å². The van der Waals surface area contributed by atoms with Gasteiger partial charge in [-0.05, 0) is 13.8 Å². The number of hydrogen-bond donors (Lipinski definition) is 0. The van der Waals surface area contributed by atoms with Gasteiger partial charge in [0.1, 0.15) is 6.10 Å². The number of ether oxygens (including phenoxy) is 2. The van der Waals surface area contributed by atoms with Crippen molar-refractivity contribution in [3.8, 4) is 5.88 Å². The Labute approximate surface area is 86.1 Å². The lowest BCUT2D eigenvalue weighted by molar-refractivity contribution is 0.0638. The molecule has 0 saturated heterocycles. The van der Waals surface area contributed by atoms with Gasteiger partial charge in [0.25, 0.3) is 5.88 Å². The quantitative estimate of drug-likeness (QED) is 0.765. The highest BCUT2D eigenvalue weighted by Crippen LogP contribution is 2.21. The minimum atomic E-state index is -0.0543. The fourth-order valence-electron chi connectivity index (χ4n) is 0.749. The van der Waals surface area contributed by atoms with E-state index in [9.17, 15) is 0 Å². The van der Waals surface area contributed by atoms with Crippen LogP contribution in [0.1, 0.15) is 13.8 Å². The van der Waals surface area contributed by atoms with Crippen molar-refractivity contribution >= 4 is 23.3 Å². The van der Waals surface area contributed by atoms with Crippen LogP contribution < -0.4 is 4.74 Å². The molecule has 1 rings (SSSR count). The van der Waals surface area contributed by atoms with Crippen LogP contribution in [0.15, 0.2) is 0 Å². The zero-order valence-corrected chi connectivity index (χ0v) is 9.06. The first-order valence-electron chi connectivity index (χ1n) is 3.96. The molecule has 0 saturated carbocycles. The summed E-state index contributed by atoms with van der Waals surface area (Å²) in [4.78, 5) is 0. The van der Waals surface area contributed by atoms with Gasteiger partial charge in [0.2, 0.25) is 5.15 Å². The van der Waals surface area contributed by atoms with Crippen LogP contribution in [0.3, 0.4) is 0 Å². The normalized spacial score (nSPS) is 12.8. The van der Waals surface area contributed by atoms with Gasteiger partial charge in [-0.3, -0.25) is 0 Å². The van der Waals surface area contributed by atoms with Gasteiger partial charge < -0.3 is 9.47 Å². The molecule has 1 aromatic rings. The zero-order chi connectivity index (χ0) is 9.68. The van der Waals surface area contributed by atoms with Crippen molar-refractivity contribution in [2.45, 2.75) is 20.0 Å². The van der Waals surface area contributed by atoms with Gasteiger partial charge in [-0.25, -0.2) is 0 Å². The molecule has 0 spiro atoms. The maximum atomic E-state index is 5.69. The lowest BCUT2D eigenvalue weighted by Gasteiger charge is -2.11. The van der Waals surface area contributed by atoms with Crippen LogP contribution in [0.4, 0.5) is 0 Å². The number of nitrogens with zero attached hydrogens (tertiary/aromatic N) is 2. The first-order chi connectivity index (χ1) is 6.24. The maximum absolute atomic E-state index is 5.69. The summed E-state index contributed by atoms with van der Waals surface area (Å²) >= 11 is 6.72. The van der Waals surface area contributed by atoms with E-state index in [0.29, 0.717) is 24.2 Å². The summed E-state index contributed by atoms with van der Waals surface area (Å²) in [5.74, 6) is 0.388. The molecule has 0 bridgehead atoms. The molecule has 1 heterocycles. The highest BCUT2D eigenvalue weighted by atomic mass is 35.5. The minimum Gasteiger partial charge on any atom is -0.469 e. The average molecular weight is 223 g/mol. The lowest BCUT2D eigenvalue weighted by Crippen LogP contribution is -2.19. The van der Waals surface area contributed by atoms with Crippen molar-refractivity contribution in [1.82, 2.24) is 8.75 Å². The topological polar surface area (TPSA) is 44.2 Å². The highest BCUT2D eigenvalue weighted by Gasteiger charge is 2.10. The Bertz CT molecular complexity index is 256. The van der Waals surface area contributed by atoms with E-state index < -0.39 is 0 Å². The van der Waals surface area contributed by atoms with E-state index >= 15 is 0 Å². The Hall–Kier alpha value is -0.390. The van der Waals surface area contributed by atoms with Crippen molar-refractivity contribution in [1.29, 1.82) is 0 Å². The molecule has 74 valence electrons. The molecule has 0 N–H and O–H groups in total. The van der Waals surface area contributed by atoms with E-state index in [0.717, 1.165) is 11.7 Å². The Morgan fingerprint density at radius 3 is 2.85 bits per heavy atom. The summed E-state index contributed by atoms with van der Waals surface area (Å²) in [5, 5.41) is 0.313. The first kappa shape index (κ1) is 10.7. The van der Waals surface area contributed by atoms with Crippen LogP contribution in [-0.2, 0) is 4.74 Å². The summed E-state index contributed by atoms with van der Waals surface area (Å²) in [6.45, 7) is 5.04. The van der Waals surface area contributed by atoms with Crippen molar-refractivity contribution < 1.29 is 9.47 Å². The zero-order valence-electron chi connectivity index (χ0n) is 7.49. The van der Waals surface area contributed by atoms with E-state index in [4.69, 9.17) is 21.1 Å². The molecular formula is C7H11ClN2O2S. The average Bonchev–Trinajstić information content (AvgIpc) is 2.48. The number of aromatic nitrogens is 2. The maximum Gasteiger partial charge on any atom is 0.265 e. The van der Waals surface area contributed by atoms with E-state index in [1.807, 2.05) is 13.8 Å². The fraction of sp³-hybridized carbons (Fsp3) is 0.714. The van der Waals surface area contributed by atoms with Gasteiger partial charge in [0, 0.05) is 6.61 Å². The summed E-state index contributed by atoms with van der Waals surface area (Å²) in [7, 11) is 0. The molecule has 1 atom stereocenters. The molecule has 0 amide bonds. The summed E-state index contributed by atoms with van der Waals surface area (Å²) in [5.41, 5.74) is 0. The summed E-state index contributed by atoms with van der Waals surface area (Å²) in [6, 6.07) is 0. The van der Waals surface area contributed by atoms with Crippen molar-refractivity contribution in [3.05, 3.63) is 5.15 Å². The van der Waals surface area contributed by atoms with Crippen LogP contribution in [0.25, 0.3) is 0 Å². The third-order valence-electron chi connectivity index (χ3n) is 1.29. The first-order valence-corrected chi connectivity index (χ1v) is 5.07. The molecule has 1 unspecified atom stereocenters. The van der Waals surface area contributed by atoms with Crippen LogP contribution in [0.5, 0.6) is 5.88 Å². The minimum absolute atomic E-state index is 0.0543. The second-order valence-electron chi connectivity index (χ2n) is 2.45. The Morgan fingerprint density at radius 2 is 2.31 bits per heavy atom. The van der Waals surface area contributed by atoms with Crippen LogP contribution in [0, 0.1) is 0 Å². The smallest absolute Gasteiger partial charge is 0.265 e. The lowest BCUT2D eigenvalue weighted by atomic mass is 10.4. The SMILES string of the molecule is CCOCC(C)Oc1nsnc1Cl. The summed E-state index contributed by atoms with van der Waals surface area (Å²) < 4.78 is 18.2. The molecule has 1 aromatic heterocycles. The Morgan fingerprint density at radius 1 is 1.54 bits per heavy atom. The van der Waals surface area contributed by atoms with Gasteiger partial charge in [0.15, 0.2) is 0 Å². The molecule has 0 aliphatic carbocycles. The predicted octanol–water partition coefficient (Wildman–Crippen LogP) is 2.00. The van der Waals surface area contributed by atoms with Crippen molar-refractivity contribution in [3.63, 3.8) is 0 Å². The highest BCUT2D eigenvalue weighted by molar-refractivity contribution is 6.99. The number of rotatable bonds is 5. The molecule has 0 aromatic carbocycles. The molecule has 0 aliphatic heterocycles. The second kappa shape index (κ2) is 5.36. The predicted molar refractivity (Wildman–Crippen MR) is 51.5 cm³/mol. The number of halogens is 1. The Kier molecular flexibility index (Phi) is 4.41. The van der Waals surface area contributed by atoms with E-state index in [2.05, 4.69) is 8.75 Å². The van der Waals surface area contributed by atoms with Gasteiger partial charge >= 0.3 is 0 Å². The molecule has 0 aliphatic rings. The number of hydrogen-bond acceptors (Lipinski definition) is 5. The standard InChI is InChI=1S/C7H11ClN2O2S/c1-3-11-4-5(2)12-7-6(8)9-13-10-7/h5H,3-4H2,1-2H3. The van der Waals surface area contributed by atoms with Crippen LogP contribution >= 0.6 is 23.3 Å². The molecule has 13 heavy (non-hydrogen) atoms. The van der Waals surface area contributed by atoms with Crippen LogP contribution in [0.2, 0.25) is 5.15 Å². The molecule has 4 nitrogen and oxygen atoms in total. The largest absolute Gasteiger partial charge is 0.469 e. The third-order valence-corrected chi connectivity index (χ3v) is 2.15. The van der Waals surface area contributed by atoms with Gasteiger partial charge in [-0.15, -0.1) is 4.37 Å². The molecule has 0 radical (unpaired) electrons. The molecular weight excluding hydrogens is 212 g/mol. The van der Waals surface area contributed by atoms with Gasteiger partial charge in [-0.2, -0.15) is 4.37 Å². The third kappa shape index (κ3) is 3.46. The van der Waals surface area contributed by atoms with E-state index in [-0.39, 0.29) is 6.10 Å². The molecule has 6 heteroatoms. The monoisotopic (exact) mass is 222 g/mol.